The van der Waals surface area contributed by atoms with E-state index in [2.05, 4.69) is 0 Å². The lowest BCUT2D eigenvalue weighted by atomic mass is 9.90. The average Bonchev–Trinajstić information content (AvgIpc) is 3.23. The lowest BCUT2D eigenvalue weighted by Gasteiger charge is -2.44. The van der Waals surface area contributed by atoms with E-state index in [0.29, 0.717) is 11.3 Å². The highest BCUT2D eigenvalue weighted by Gasteiger charge is 2.56. The molecule has 1 fully saturated rings. The molecule has 0 bridgehead atoms. The number of fused-ring (bicyclic) bond motifs is 2. The predicted octanol–water partition coefficient (Wildman–Crippen LogP) is 2.72. The summed E-state index contributed by atoms with van der Waals surface area (Å²) in [7, 11) is 4.12. The second-order valence-electron chi connectivity index (χ2n) is 13.8. The van der Waals surface area contributed by atoms with E-state index in [-0.39, 0.29) is 56.3 Å². The van der Waals surface area contributed by atoms with Gasteiger partial charge in [-0.3, -0.25) is 9.59 Å². The second-order valence-corrected chi connectivity index (χ2v) is 13.8. The molecular weight excluding hydrogens is 792 g/mol. The van der Waals surface area contributed by atoms with Crippen LogP contribution >= 0.6 is 0 Å². The highest BCUT2D eigenvalue weighted by molar-refractivity contribution is 6.02. The van der Waals surface area contributed by atoms with Gasteiger partial charge in [-0.05, 0) is 42.5 Å². The van der Waals surface area contributed by atoms with Gasteiger partial charge >= 0.3 is 11.8 Å². The number of aliphatic carboxylic acids is 1. The van der Waals surface area contributed by atoms with Crippen molar-refractivity contribution in [2.24, 2.45) is 0 Å². The summed E-state index contributed by atoms with van der Waals surface area (Å²) in [6, 6.07) is 16.5. The molecule has 0 saturated carbocycles. The van der Waals surface area contributed by atoms with E-state index in [9.17, 15) is 55.2 Å². The van der Waals surface area contributed by atoms with Crippen molar-refractivity contribution >= 4 is 27.9 Å². The van der Waals surface area contributed by atoms with Gasteiger partial charge in [0, 0.05) is 47.0 Å². The summed E-state index contributed by atoms with van der Waals surface area (Å²) >= 11 is 0. The minimum Gasteiger partial charge on any atom is -0.507 e. The first kappa shape index (κ1) is 41.5. The Morgan fingerprint density at radius 3 is 2.05 bits per heavy atom. The van der Waals surface area contributed by atoms with Crippen LogP contribution in [-0.4, -0.2) is 111 Å². The Morgan fingerprint density at radius 1 is 0.783 bits per heavy atom. The van der Waals surface area contributed by atoms with Crippen LogP contribution in [0.5, 0.6) is 34.5 Å². The average molecular weight is 831 g/mol. The predicted molar refractivity (Wildman–Crippen MR) is 209 cm³/mol. The number of ether oxygens (including phenoxy) is 5. The molecule has 8 N–H and O–H groups in total. The van der Waals surface area contributed by atoms with Gasteiger partial charge in [0.1, 0.15) is 86.8 Å². The molecule has 1 aliphatic rings. The van der Waals surface area contributed by atoms with Crippen LogP contribution in [0.2, 0.25) is 0 Å². The summed E-state index contributed by atoms with van der Waals surface area (Å²) in [5, 5.41) is 84.2. The van der Waals surface area contributed by atoms with E-state index in [1.165, 1.54) is 51.7 Å². The fourth-order valence-corrected chi connectivity index (χ4v) is 7.06. The van der Waals surface area contributed by atoms with Crippen LogP contribution in [0.25, 0.3) is 55.7 Å². The summed E-state index contributed by atoms with van der Waals surface area (Å²) in [4.78, 5) is 40.4. The SMILES string of the molecule is COc1ccc(-c2cc(=O)c3c(O)cc(O[C@]4(C(=O)O)C[C@H](O)[C@@H](O)[C@H]([C@H](O)[C@H](O)CO)O4)c(-c4cc(-c5cc(=O)c6c(O)cc(OC)cc6o5)ccc4OC)c3o2)cc1. The molecule has 4 aromatic carbocycles. The van der Waals surface area contributed by atoms with Gasteiger partial charge in [0.25, 0.3) is 0 Å². The van der Waals surface area contributed by atoms with E-state index >= 15 is 0 Å². The highest BCUT2D eigenvalue weighted by Crippen LogP contribution is 2.48. The molecule has 7 rings (SSSR count). The Bertz CT molecular complexity index is 2720. The third-order valence-corrected chi connectivity index (χ3v) is 10.1. The lowest BCUT2D eigenvalue weighted by Crippen LogP contribution is -2.65. The highest BCUT2D eigenvalue weighted by atomic mass is 16.7. The number of hydrogen-bond acceptors (Lipinski definition) is 17. The van der Waals surface area contributed by atoms with Gasteiger partial charge in [0.15, 0.2) is 16.4 Å². The van der Waals surface area contributed by atoms with Crippen LogP contribution in [0.4, 0.5) is 0 Å². The van der Waals surface area contributed by atoms with Crippen LogP contribution in [0.1, 0.15) is 6.42 Å². The van der Waals surface area contributed by atoms with Crippen molar-refractivity contribution in [3.63, 3.8) is 0 Å². The van der Waals surface area contributed by atoms with Gasteiger partial charge in [0.2, 0.25) is 0 Å². The fraction of sp³-hybridized carbons (Fsp3) is 0.262. The Kier molecular flexibility index (Phi) is 11.2. The van der Waals surface area contributed by atoms with E-state index in [1.54, 1.807) is 24.3 Å². The smallest absolute Gasteiger partial charge is 0.377 e. The first-order valence-electron chi connectivity index (χ1n) is 18.1. The van der Waals surface area contributed by atoms with Crippen LogP contribution in [-0.2, 0) is 9.53 Å². The van der Waals surface area contributed by atoms with E-state index < -0.39 is 88.8 Å². The van der Waals surface area contributed by atoms with Gasteiger partial charge in [0.05, 0.1) is 46.0 Å². The normalized spacial score (nSPS) is 20.1. The Balaban J connectivity index is 1.52. The van der Waals surface area contributed by atoms with Gasteiger partial charge in [-0.15, -0.1) is 0 Å². The summed E-state index contributed by atoms with van der Waals surface area (Å²) in [5.41, 5.74) is -1.48. The van der Waals surface area contributed by atoms with Crippen LogP contribution < -0.4 is 29.8 Å². The van der Waals surface area contributed by atoms with E-state index in [1.807, 2.05) is 0 Å². The van der Waals surface area contributed by atoms with Gasteiger partial charge < -0.3 is 73.4 Å². The van der Waals surface area contributed by atoms with E-state index in [0.717, 1.165) is 18.2 Å². The summed E-state index contributed by atoms with van der Waals surface area (Å²) in [5.74, 6) is -5.97. The standard InChI is InChI=1S/C42H38O18/c1-54-20-7-4-18(5-8-20)30-14-25(46)36-26(47)15-33(59-42(41(52)53)16-27(48)37(50)40(60-42)38(51)28(49)17-43)34(39(36)58-30)22-10-19(6-9-29(22)56-3)31-13-24(45)35-23(44)11-21(55-2)12-32(35)57-31/h4-15,27-28,37-38,40,43-44,47-51H,16-17H2,1-3H3,(H,52,53)/t27-,28+,37+,38+,40+,42+/m0/s1. The maximum Gasteiger partial charge on any atom is 0.377 e. The molecule has 18 heteroatoms. The molecule has 6 atom stereocenters. The largest absolute Gasteiger partial charge is 0.507 e. The third kappa shape index (κ3) is 7.31. The minimum atomic E-state index is -3.00. The number of aromatic hydroxyl groups is 2. The number of phenolic OH excluding ortho intramolecular Hbond substituents is 2. The van der Waals surface area contributed by atoms with E-state index in [4.69, 9.17) is 32.5 Å². The third-order valence-electron chi connectivity index (χ3n) is 10.1. The number of phenols is 2. The molecule has 0 spiro atoms. The first-order valence-corrected chi connectivity index (χ1v) is 18.1. The number of benzene rings is 4. The van der Waals surface area contributed by atoms with Crippen LogP contribution in [0.3, 0.4) is 0 Å². The van der Waals surface area contributed by atoms with Crippen molar-refractivity contribution in [2.45, 2.75) is 42.7 Å². The molecule has 3 heterocycles. The molecule has 18 nitrogen and oxygen atoms in total. The molecule has 60 heavy (non-hydrogen) atoms. The Hall–Kier alpha value is -6.67. The number of methoxy groups -OCH3 is 3. The Morgan fingerprint density at radius 2 is 1.42 bits per heavy atom. The van der Waals surface area contributed by atoms with Gasteiger partial charge in [-0.25, -0.2) is 4.79 Å². The molecule has 0 aliphatic carbocycles. The van der Waals surface area contributed by atoms with Crippen molar-refractivity contribution < 1.29 is 78.2 Å². The Labute approximate surface area is 337 Å². The number of hydrogen-bond donors (Lipinski definition) is 8. The first-order chi connectivity index (χ1) is 28.6. The molecule has 314 valence electrons. The molecule has 2 aromatic heterocycles. The number of aliphatic hydroxyl groups excluding tert-OH is 5. The van der Waals surface area contributed by atoms with Crippen molar-refractivity contribution in [3.8, 4) is 68.3 Å². The zero-order valence-electron chi connectivity index (χ0n) is 31.9. The van der Waals surface area contributed by atoms with Crippen molar-refractivity contribution in [3.05, 3.63) is 93.2 Å². The summed E-state index contributed by atoms with van der Waals surface area (Å²) in [6.07, 6.45) is -11.1. The van der Waals surface area contributed by atoms with Gasteiger partial charge in [-0.2, -0.15) is 0 Å². The number of carbonyl (C=O) groups is 1. The zero-order valence-corrected chi connectivity index (χ0v) is 31.9. The van der Waals surface area contributed by atoms with Crippen molar-refractivity contribution in [1.82, 2.24) is 0 Å². The zero-order chi connectivity index (χ0) is 43.2. The second kappa shape index (κ2) is 16.2. The number of rotatable bonds is 12. The molecule has 1 aliphatic heterocycles. The molecule has 0 radical (unpaired) electrons. The molecule has 0 unspecified atom stereocenters. The number of aliphatic hydroxyl groups is 5. The quantitative estimate of drug-likeness (QED) is 0.0880. The van der Waals surface area contributed by atoms with Crippen molar-refractivity contribution in [2.75, 3.05) is 27.9 Å². The minimum absolute atomic E-state index is 0.00881. The molecule has 6 aromatic rings. The number of carboxylic acids is 1. The maximum absolute atomic E-state index is 13.9. The summed E-state index contributed by atoms with van der Waals surface area (Å²) in [6.45, 7) is -1.04. The van der Waals surface area contributed by atoms with Crippen LogP contribution in [0, 0.1) is 0 Å². The fourth-order valence-electron chi connectivity index (χ4n) is 7.06. The lowest BCUT2D eigenvalue weighted by molar-refractivity contribution is -0.303. The van der Waals surface area contributed by atoms with Crippen molar-refractivity contribution in [1.29, 1.82) is 0 Å². The number of carboxylic acid groups (broad SMARTS) is 1. The molecular formula is C42H38O18. The summed E-state index contributed by atoms with van der Waals surface area (Å²) < 4.78 is 40.4. The van der Waals surface area contributed by atoms with Crippen LogP contribution in [0.15, 0.2) is 91.2 Å². The monoisotopic (exact) mass is 830 g/mol. The topological polar surface area (TPSA) is 285 Å². The maximum atomic E-state index is 13.9. The van der Waals surface area contributed by atoms with Gasteiger partial charge in [-0.1, -0.05) is 0 Å². The molecule has 1 saturated heterocycles. The molecule has 0 amide bonds.